The number of rotatable bonds is 4. The van der Waals surface area contributed by atoms with Gasteiger partial charge in [0.2, 0.25) is 5.91 Å². The predicted octanol–water partition coefficient (Wildman–Crippen LogP) is 0.595. The Hall–Kier alpha value is -1.85. The van der Waals surface area contributed by atoms with Crippen LogP contribution >= 0.6 is 0 Å². The summed E-state index contributed by atoms with van der Waals surface area (Å²) >= 11 is 0. The molecular formula is C12H17N3O3. The van der Waals surface area contributed by atoms with Crippen LogP contribution in [0.15, 0.2) is 18.5 Å². The van der Waals surface area contributed by atoms with Crippen molar-refractivity contribution in [2.75, 3.05) is 6.54 Å². The lowest BCUT2D eigenvalue weighted by atomic mass is 9.96. The first-order valence-electron chi connectivity index (χ1n) is 6.07. The topological polar surface area (TPSA) is 75.4 Å². The predicted molar refractivity (Wildman–Crippen MR) is 63.8 cm³/mol. The Morgan fingerprint density at radius 1 is 1.67 bits per heavy atom. The maximum Gasteiger partial charge on any atom is 0.308 e. The van der Waals surface area contributed by atoms with E-state index in [1.807, 2.05) is 19.2 Å². The zero-order valence-corrected chi connectivity index (χ0v) is 10.3. The van der Waals surface area contributed by atoms with Crippen molar-refractivity contribution >= 4 is 11.9 Å². The number of carbonyl (C=O) groups excluding carboxylic acids is 1. The van der Waals surface area contributed by atoms with Gasteiger partial charge in [-0.1, -0.05) is 0 Å². The fourth-order valence-electron chi connectivity index (χ4n) is 2.28. The van der Waals surface area contributed by atoms with Gasteiger partial charge in [0.25, 0.3) is 0 Å². The van der Waals surface area contributed by atoms with E-state index >= 15 is 0 Å². The smallest absolute Gasteiger partial charge is 0.308 e. The van der Waals surface area contributed by atoms with Crippen molar-refractivity contribution in [3.63, 3.8) is 0 Å². The van der Waals surface area contributed by atoms with Crippen LogP contribution in [0, 0.1) is 5.92 Å². The summed E-state index contributed by atoms with van der Waals surface area (Å²) in [5.41, 5.74) is 0. The molecule has 1 aromatic rings. The molecule has 0 bridgehead atoms. The second-order valence-electron chi connectivity index (χ2n) is 4.70. The fourth-order valence-corrected chi connectivity index (χ4v) is 2.28. The molecule has 6 heteroatoms. The van der Waals surface area contributed by atoms with Gasteiger partial charge in [-0.25, -0.2) is 0 Å². The van der Waals surface area contributed by atoms with E-state index in [4.69, 9.17) is 5.11 Å². The molecule has 1 aromatic heterocycles. The van der Waals surface area contributed by atoms with Gasteiger partial charge < -0.3 is 10.0 Å². The monoisotopic (exact) mass is 251 g/mol. The van der Waals surface area contributed by atoms with Gasteiger partial charge in [-0.3, -0.25) is 14.3 Å². The molecule has 2 atom stereocenters. The number of piperidine rings is 1. The number of likely N-dealkylation sites (tertiary alicyclic amines) is 1. The lowest BCUT2D eigenvalue weighted by Gasteiger charge is -2.35. The van der Waals surface area contributed by atoms with Gasteiger partial charge in [0.05, 0.1) is 12.5 Å². The van der Waals surface area contributed by atoms with Crippen molar-refractivity contribution < 1.29 is 14.7 Å². The summed E-state index contributed by atoms with van der Waals surface area (Å²) in [6, 6.07) is 1.78. The largest absolute Gasteiger partial charge is 0.481 e. The molecule has 98 valence electrons. The van der Waals surface area contributed by atoms with Crippen molar-refractivity contribution in [1.82, 2.24) is 14.7 Å². The van der Waals surface area contributed by atoms with E-state index in [1.54, 1.807) is 15.8 Å². The molecule has 2 unspecified atom stereocenters. The van der Waals surface area contributed by atoms with Gasteiger partial charge in [0, 0.05) is 31.4 Å². The zero-order valence-electron chi connectivity index (χ0n) is 10.3. The summed E-state index contributed by atoms with van der Waals surface area (Å²) in [7, 11) is 0. The number of aromatic nitrogens is 2. The first-order chi connectivity index (χ1) is 8.58. The first kappa shape index (κ1) is 12.6. The molecule has 0 aliphatic carbocycles. The quantitative estimate of drug-likeness (QED) is 0.850. The van der Waals surface area contributed by atoms with Crippen molar-refractivity contribution in [2.45, 2.75) is 32.4 Å². The van der Waals surface area contributed by atoms with Crippen LogP contribution in [0.5, 0.6) is 0 Å². The van der Waals surface area contributed by atoms with Gasteiger partial charge in [0.1, 0.15) is 0 Å². The van der Waals surface area contributed by atoms with Crippen LogP contribution in [-0.2, 0) is 16.1 Å². The van der Waals surface area contributed by atoms with Gasteiger partial charge in [0.15, 0.2) is 0 Å². The number of aliphatic carboxylic acids is 1. The number of amides is 1. The van der Waals surface area contributed by atoms with Crippen molar-refractivity contribution in [2.24, 2.45) is 5.92 Å². The Morgan fingerprint density at radius 2 is 2.44 bits per heavy atom. The van der Waals surface area contributed by atoms with Crippen molar-refractivity contribution in [3.8, 4) is 0 Å². The van der Waals surface area contributed by atoms with E-state index < -0.39 is 11.9 Å². The molecule has 18 heavy (non-hydrogen) atoms. The van der Waals surface area contributed by atoms with E-state index in [9.17, 15) is 9.59 Å². The van der Waals surface area contributed by atoms with Crippen LogP contribution in [0.2, 0.25) is 0 Å². The zero-order chi connectivity index (χ0) is 13.1. The van der Waals surface area contributed by atoms with E-state index in [0.29, 0.717) is 25.9 Å². The van der Waals surface area contributed by atoms with E-state index in [1.165, 1.54) is 0 Å². The van der Waals surface area contributed by atoms with Crippen LogP contribution in [0.4, 0.5) is 0 Å². The molecule has 2 rings (SSSR count). The maximum atomic E-state index is 11.8. The minimum Gasteiger partial charge on any atom is -0.481 e. The summed E-state index contributed by atoms with van der Waals surface area (Å²) < 4.78 is 1.75. The average molecular weight is 251 g/mol. The third-order valence-electron chi connectivity index (χ3n) is 3.34. The Morgan fingerprint density at radius 3 is 3.06 bits per heavy atom. The minimum atomic E-state index is -0.821. The molecule has 0 radical (unpaired) electrons. The molecule has 2 heterocycles. The Balaban J connectivity index is 2.01. The van der Waals surface area contributed by atoms with Gasteiger partial charge >= 0.3 is 5.97 Å². The van der Waals surface area contributed by atoms with E-state index in [2.05, 4.69) is 5.10 Å². The molecule has 0 saturated carbocycles. The third-order valence-corrected chi connectivity index (χ3v) is 3.34. The average Bonchev–Trinajstić information content (AvgIpc) is 2.81. The number of carboxylic acids is 1. The molecule has 0 spiro atoms. The highest BCUT2D eigenvalue weighted by Crippen LogP contribution is 2.20. The molecule has 0 aromatic carbocycles. The van der Waals surface area contributed by atoms with Crippen LogP contribution in [0.1, 0.15) is 19.8 Å². The van der Waals surface area contributed by atoms with Gasteiger partial charge in [-0.05, 0) is 19.4 Å². The second kappa shape index (κ2) is 5.20. The summed E-state index contributed by atoms with van der Waals surface area (Å²) in [6.07, 6.45) is 4.28. The SMILES string of the molecule is CC(Cn1cccn1)N1CC(C(=O)O)CCC1=O. The molecule has 1 fully saturated rings. The molecular weight excluding hydrogens is 234 g/mol. The number of nitrogens with zero attached hydrogens (tertiary/aromatic N) is 3. The standard InChI is InChI=1S/C12H17N3O3/c1-9(7-14-6-2-5-13-14)15-8-10(12(17)18)3-4-11(15)16/h2,5-6,9-10H,3-4,7-8H2,1H3,(H,17,18). The summed E-state index contributed by atoms with van der Waals surface area (Å²) in [4.78, 5) is 24.5. The summed E-state index contributed by atoms with van der Waals surface area (Å²) in [5.74, 6) is -1.23. The van der Waals surface area contributed by atoms with Crippen LogP contribution in [0.25, 0.3) is 0 Å². The molecule has 1 amide bonds. The summed E-state index contributed by atoms with van der Waals surface area (Å²) in [5, 5.41) is 13.1. The third kappa shape index (κ3) is 2.69. The molecule has 1 saturated heterocycles. The first-order valence-corrected chi connectivity index (χ1v) is 6.07. The Kier molecular flexibility index (Phi) is 3.64. The Bertz CT molecular complexity index is 430. The minimum absolute atomic E-state index is 0.0344. The van der Waals surface area contributed by atoms with E-state index in [-0.39, 0.29) is 11.9 Å². The second-order valence-corrected chi connectivity index (χ2v) is 4.70. The lowest BCUT2D eigenvalue weighted by Crippen LogP contribution is -2.48. The van der Waals surface area contributed by atoms with Gasteiger partial charge in [-0.2, -0.15) is 5.10 Å². The van der Waals surface area contributed by atoms with Crippen molar-refractivity contribution in [1.29, 1.82) is 0 Å². The maximum absolute atomic E-state index is 11.8. The molecule has 1 N–H and O–H groups in total. The number of carbonyl (C=O) groups is 2. The molecule has 6 nitrogen and oxygen atoms in total. The van der Waals surface area contributed by atoms with E-state index in [0.717, 1.165) is 0 Å². The fraction of sp³-hybridized carbons (Fsp3) is 0.583. The normalized spacial score (nSPS) is 21.9. The number of hydrogen-bond acceptors (Lipinski definition) is 3. The highest BCUT2D eigenvalue weighted by atomic mass is 16.4. The highest BCUT2D eigenvalue weighted by Gasteiger charge is 2.32. The lowest BCUT2D eigenvalue weighted by molar-refractivity contribution is -0.148. The van der Waals surface area contributed by atoms with Gasteiger partial charge in [-0.15, -0.1) is 0 Å². The van der Waals surface area contributed by atoms with Crippen LogP contribution in [0.3, 0.4) is 0 Å². The van der Waals surface area contributed by atoms with Crippen LogP contribution < -0.4 is 0 Å². The molecule has 1 aliphatic rings. The summed E-state index contributed by atoms with van der Waals surface area (Å²) in [6.45, 7) is 2.81. The number of carboxylic acid groups (broad SMARTS) is 1. The molecule has 1 aliphatic heterocycles. The van der Waals surface area contributed by atoms with Crippen LogP contribution in [-0.4, -0.2) is 44.3 Å². The Labute approximate surface area is 105 Å². The highest BCUT2D eigenvalue weighted by molar-refractivity contribution is 5.80. The number of hydrogen-bond donors (Lipinski definition) is 1. The van der Waals surface area contributed by atoms with Crippen molar-refractivity contribution in [3.05, 3.63) is 18.5 Å².